The lowest BCUT2D eigenvalue weighted by Gasteiger charge is -2.35. The molecule has 0 aromatic heterocycles. The highest BCUT2D eigenvalue weighted by atomic mass is 16.6. The van der Waals surface area contributed by atoms with Gasteiger partial charge in [0.1, 0.15) is 6.10 Å². The van der Waals surface area contributed by atoms with Gasteiger partial charge in [-0.3, -0.25) is 4.79 Å². The van der Waals surface area contributed by atoms with E-state index in [4.69, 9.17) is 9.47 Å². The molecule has 120 valence electrons. The standard InChI is InChI=1S/C19H21NO3/c1-13(15-9-5-4-6-10-15)20(3)19(21)18-14(2)22-16-11-7-8-12-17(16)23-18/h4-14,18H,1-3H3. The Labute approximate surface area is 136 Å². The van der Waals surface area contributed by atoms with Gasteiger partial charge in [-0.2, -0.15) is 0 Å². The van der Waals surface area contributed by atoms with Crippen LogP contribution < -0.4 is 9.47 Å². The highest BCUT2D eigenvalue weighted by Crippen LogP contribution is 2.34. The molecule has 0 aliphatic carbocycles. The first kappa shape index (κ1) is 15.4. The molecular weight excluding hydrogens is 290 g/mol. The average molecular weight is 311 g/mol. The zero-order valence-electron chi connectivity index (χ0n) is 13.6. The monoisotopic (exact) mass is 311 g/mol. The summed E-state index contributed by atoms with van der Waals surface area (Å²) in [6, 6.07) is 17.4. The largest absolute Gasteiger partial charge is 0.482 e. The summed E-state index contributed by atoms with van der Waals surface area (Å²) in [5.74, 6) is 1.22. The molecule has 1 amide bonds. The normalized spacial score (nSPS) is 20.7. The molecule has 0 saturated heterocycles. The maximum Gasteiger partial charge on any atom is 0.267 e. The van der Waals surface area contributed by atoms with Gasteiger partial charge in [-0.1, -0.05) is 42.5 Å². The highest BCUT2D eigenvalue weighted by molar-refractivity contribution is 5.82. The summed E-state index contributed by atoms with van der Waals surface area (Å²) in [6.07, 6.45) is -0.969. The third-order valence-corrected chi connectivity index (χ3v) is 4.30. The summed E-state index contributed by atoms with van der Waals surface area (Å²) < 4.78 is 11.7. The Hall–Kier alpha value is -2.49. The number of hydrogen-bond acceptors (Lipinski definition) is 3. The van der Waals surface area contributed by atoms with Crippen LogP contribution in [0.2, 0.25) is 0 Å². The molecule has 0 bridgehead atoms. The van der Waals surface area contributed by atoms with Crippen LogP contribution in [0, 0.1) is 0 Å². The minimum atomic E-state index is -0.638. The van der Waals surface area contributed by atoms with E-state index in [1.165, 1.54) is 0 Å². The molecule has 0 radical (unpaired) electrons. The van der Waals surface area contributed by atoms with Crippen molar-refractivity contribution in [3.8, 4) is 11.5 Å². The summed E-state index contributed by atoms with van der Waals surface area (Å²) in [5, 5.41) is 0. The molecule has 0 N–H and O–H groups in total. The van der Waals surface area contributed by atoms with Crippen LogP contribution in [-0.2, 0) is 4.79 Å². The van der Waals surface area contributed by atoms with Crippen molar-refractivity contribution in [2.75, 3.05) is 7.05 Å². The molecule has 23 heavy (non-hydrogen) atoms. The van der Waals surface area contributed by atoms with Crippen LogP contribution in [0.4, 0.5) is 0 Å². The number of carbonyl (C=O) groups is 1. The number of ether oxygens (including phenoxy) is 2. The number of benzene rings is 2. The SMILES string of the molecule is CC1Oc2ccccc2OC1C(=O)N(C)C(C)c1ccccc1. The highest BCUT2D eigenvalue weighted by Gasteiger charge is 2.37. The van der Waals surface area contributed by atoms with E-state index in [1.807, 2.05) is 68.4 Å². The molecule has 3 rings (SSSR count). The van der Waals surface area contributed by atoms with E-state index in [2.05, 4.69) is 0 Å². The van der Waals surface area contributed by atoms with Crippen molar-refractivity contribution < 1.29 is 14.3 Å². The quantitative estimate of drug-likeness (QED) is 0.871. The van der Waals surface area contributed by atoms with Crippen LogP contribution in [0.15, 0.2) is 54.6 Å². The van der Waals surface area contributed by atoms with Gasteiger partial charge in [0, 0.05) is 7.05 Å². The number of hydrogen-bond donors (Lipinski definition) is 0. The fourth-order valence-corrected chi connectivity index (χ4v) is 2.74. The smallest absolute Gasteiger partial charge is 0.267 e. The Kier molecular flexibility index (Phi) is 4.24. The van der Waals surface area contributed by atoms with Crippen LogP contribution in [0.25, 0.3) is 0 Å². The van der Waals surface area contributed by atoms with Crippen molar-refractivity contribution in [1.29, 1.82) is 0 Å². The van der Waals surface area contributed by atoms with Gasteiger partial charge < -0.3 is 14.4 Å². The maximum absolute atomic E-state index is 12.9. The van der Waals surface area contributed by atoms with Gasteiger partial charge in [0.2, 0.25) is 6.10 Å². The van der Waals surface area contributed by atoms with Gasteiger partial charge >= 0.3 is 0 Å². The Morgan fingerprint density at radius 2 is 1.57 bits per heavy atom. The minimum Gasteiger partial charge on any atom is -0.482 e. The predicted octanol–water partition coefficient (Wildman–Crippen LogP) is 3.43. The van der Waals surface area contributed by atoms with E-state index in [-0.39, 0.29) is 18.1 Å². The number of fused-ring (bicyclic) bond motifs is 1. The van der Waals surface area contributed by atoms with Crippen LogP contribution in [0.3, 0.4) is 0 Å². The summed E-state index contributed by atoms with van der Waals surface area (Å²) in [4.78, 5) is 14.6. The van der Waals surface area contributed by atoms with Gasteiger partial charge in [-0.25, -0.2) is 0 Å². The van der Waals surface area contributed by atoms with Crippen molar-refractivity contribution in [3.63, 3.8) is 0 Å². The van der Waals surface area contributed by atoms with Crippen LogP contribution >= 0.6 is 0 Å². The van der Waals surface area contributed by atoms with Crippen LogP contribution in [-0.4, -0.2) is 30.1 Å². The molecule has 0 saturated carbocycles. The zero-order valence-corrected chi connectivity index (χ0v) is 13.6. The summed E-state index contributed by atoms with van der Waals surface area (Å²) in [7, 11) is 1.80. The van der Waals surface area contributed by atoms with Crippen LogP contribution in [0.1, 0.15) is 25.5 Å². The molecule has 3 atom stereocenters. The maximum atomic E-state index is 12.9. The van der Waals surface area contributed by atoms with Gasteiger partial charge in [-0.15, -0.1) is 0 Å². The molecule has 4 heteroatoms. The average Bonchev–Trinajstić information content (AvgIpc) is 2.60. The fourth-order valence-electron chi connectivity index (χ4n) is 2.74. The van der Waals surface area contributed by atoms with Gasteiger partial charge in [0.05, 0.1) is 6.04 Å². The molecule has 0 spiro atoms. The van der Waals surface area contributed by atoms with Gasteiger partial charge in [-0.05, 0) is 31.5 Å². The molecule has 1 aliphatic heterocycles. The number of likely N-dealkylation sites (N-methyl/N-ethyl adjacent to an activating group) is 1. The second-order valence-corrected chi connectivity index (χ2v) is 5.84. The molecular formula is C19H21NO3. The number of rotatable bonds is 3. The predicted molar refractivity (Wildman–Crippen MR) is 88.6 cm³/mol. The zero-order chi connectivity index (χ0) is 16.4. The van der Waals surface area contributed by atoms with E-state index in [0.717, 1.165) is 5.56 Å². The molecule has 3 unspecified atom stereocenters. The minimum absolute atomic E-state index is 0.0309. The number of amides is 1. The lowest BCUT2D eigenvalue weighted by atomic mass is 10.1. The Balaban J connectivity index is 1.77. The summed E-state index contributed by atoms with van der Waals surface area (Å²) in [5.41, 5.74) is 1.09. The van der Waals surface area contributed by atoms with E-state index in [9.17, 15) is 4.79 Å². The van der Waals surface area contributed by atoms with E-state index in [1.54, 1.807) is 11.9 Å². The topological polar surface area (TPSA) is 38.8 Å². The first-order valence-corrected chi connectivity index (χ1v) is 7.82. The second kappa shape index (κ2) is 6.32. The molecule has 4 nitrogen and oxygen atoms in total. The molecule has 2 aromatic carbocycles. The van der Waals surface area contributed by atoms with Crippen LogP contribution in [0.5, 0.6) is 11.5 Å². The van der Waals surface area contributed by atoms with Crippen molar-refractivity contribution >= 4 is 5.91 Å². The number of carbonyl (C=O) groups excluding carboxylic acids is 1. The van der Waals surface area contributed by atoms with Crippen molar-refractivity contribution in [3.05, 3.63) is 60.2 Å². The van der Waals surface area contributed by atoms with Crippen molar-refractivity contribution in [2.45, 2.75) is 32.1 Å². The molecule has 0 fully saturated rings. The lowest BCUT2D eigenvalue weighted by Crippen LogP contribution is -2.50. The summed E-state index contributed by atoms with van der Waals surface area (Å²) in [6.45, 7) is 3.87. The Bertz CT molecular complexity index is 686. The van der Waals surface area contributed by atoms with E-state index in [0.29, 0.717) is 11.5 Å². The second-order valence-electron chi connectivity index (χ2n) is 5.84. The van der Waals surface area contributed by atoms with Gasteiger partial charge in [0.15, 0.2) is 11.5 Å². The molecule has 1 heterocycles. The lowest BCUT2D eigenvalue weighted by molar-refractivity contribution is -0.145. The first-order valence-electron chi connectivity index (χ1n) is 7.82. The first-order chi connectivity index (χ1) is 11.1. The Morgan fingerprint density at radius 1 is 1.00 bits per heavy atom. The molecule has 2 aromatic rings. The summed E-state index contributed by atoms with van der Waals surface area (Å²) >= 11 is 0. The Morgan fingerprint density at radius 3 is 2.22 bits per heavy atom. The fraction of sp³-hybridized carbons (Fsp3) is 0.316. The van der Waals surface area contributed by atoms with Gasteiger partial charge in [0.25, 0.3) is 5.91 Å². The van der Waals surface area contributed by atoms with E-state index < -0.39 is 6.10 Å². The molecule has 1 aliphatic rings. The van der Waals surface area contributed by atoms with Crippen molar-refractivity contribution in [1.82, 2.24) is 4.90 Å². The third-order valence-electron chi connectivity index (χ3n) is 4.30. The van der Waals surface area contributed by atoms with E-state index >= 15 is 0 Å². The third kappa shape index (κ3) is 3.02. The van der Waals surface area contributed by atoms with Crippen molar-refractivity contribution in [2.24, 2.45) is 0 Å². The number of para-hydroxylation sites is 2. The number of nitrogens with zero attached hydrogens (tertiary/aromatic N) is 1.